The summed E-state index contributed by atoms with van der Waals surface area (Å²) in [6.07, 6.45) is 4.16. The van der Waals surface area contributed by atoms with E-state index in [1.165, 1.54) is 5.57 Å². The van der Waals surface area contributed by atoms with Gasteiger partial charge in [0.25, 0.3) is 0 Å². The molecule has 0 fully saturated rings. The molecule has 174 valence electrons. The van der Waals surface area contributed by atoms with Gasteiger partial charge in [-0.25, -0.2) is 0 Å². The first-order chi connectivity index (χ1) is 14.5. The van der Waals surface area contributed by atoms with Gasteiger partial charge in [-0.2, -0.15) is 0 Å². The van der Waals surface area contributed by atoms with Crippen LogP contribution in [-0.4, -0.2) is 39.3 Å². The van der Waals surface area contributed by atoms with Crippen LogP contribution in [0.3, 0.4) is 0 Å². The minimum absolute atomic E-state index is 0.212. The zero-order valence-corrected chi connectivity index (χ0v) is 23.7. The summed E-state index contributed by atoms with van der Waals surface area (Å²) in [6, 6.07) is 3.62. The van der Waals surface area contributed by atoms with Crippen LogP contribution in [0.2, 0.25) is 0 Å². The lowest BCUT2D eigenvalue weighted by Gasteiger charge is -2.47. The highest BCUT2D eigenvalue weighted by Gasteiger charge is 2.46. The maximum absolute atomic E-state index is 12.5. The summed E-state index contributed by atoms with van der Waals surface area (Å²) in [5.41, 5.74) is 1.72. The number of halogens is 3. The molecule has 1 aliphatic heterocycles. The summed E-state index contributed by atoms with van der Waals surface area (Å²) in [5, 5.41) is 13.6. The van der Waals surface area contributed by atoms with Crippen molar-refractivity contribution in [2.75, 3.05) is 22.6 Å². The maximum atomic E-state index is 12.5. The molecular formula is C24H33Br3O4. The van der Waals surface area contributed by atoms with Gasteiger partial charge in [-0.05, 0) is 65.2 Å². The number of hydrogen-bond acceptors (Lipinski definition) is 4. The fourth-order valence-corrected chi connectivity index (χ4v) is 4.52. The average molecular weight is 625 g/mol. The number of fused-ring (bicyclic) bond motifs is 3. The summed E-state index contributed by atoms with van der Waals surface area (Å²) in [6.45, 7) is 10.3. The van der Waals surface area contributed by atoms with E-state index >= 15 is 0 Å². The Bertz CT molecular complexity index is 815. The number of aromatic hydroxyl groups is 1. The molecule has 0 spiro atoms. The number of rotatable bonds is 5. The highest BCUT2D eigenvalue weighted by Crippen LogP contribution is 2.54. The van der Waals surface area contributed by atoms with Crippen molar-refractivity contribution in [3.63, 3.8) is 0 Å². The second-order valence-corrected chi connectivity index (χ2v) is 11.5. The van der Waals surface area contributed by atoms with Crippen LogP contribution in [0.25, 0.3) is 0 Å². The van der Waals surface area contributed by atoms with Crippen LogP contribution >= 0.6 is 47.8 Å². The zero-order chi connectivity index (χ0) is 23.4. The van der Waals surface area contributed by atoms with Crippen molar-refractivity contribution in [1.29, 1.82) is 0 Å². The van der Waals surface area contributed by atoms with Crippen LogP contribution in [0.5, 0.6) is 11.5 Å². The molecule has 31 heavy (non-hydrogen) atoms. The van der Waals surface area contributed by atoms with Crippen molar-refractivity contribution in [2.24, 2.45) is 5.92 Å². The zero-order valence-electron chi connectivity index (χ0n) is 18.9. The van der Waals surface area contributed by atoms with Crippen LogP contribution in [0.4, 0.5) is 0 Å². The number of ether oxygens (including phenoxy) is 2. The highest BCUT2D eigenvalue weighted by molar-refractivity contribution is 9.12. The average Bonchev–Trinajstić information content (AvgIpc) is 2.70. The number of hydrogen-bond donors (Lipinski definition) is 1. The van der Waals surface area contributed by atoms with E-state index in [-0.39, 0.29) is 23.2 Å². The maximum Gasteiger partial charge on any atom is 0.316 e. The summed E-state index contributed by atoms with van der Waals surface area (Å²) in [7, 11) is 0. The molecule has 0 radical (unpaired) electrons. The van der Waals surface area contributed by atoms with Gasteiger partial charge in [-0.15, -0.1) is 0 Å². The predicted octanol–water partition coefficient (Wildman–Crippen LogP) is 7.00. The Morgan fingerprint density at radius 3 is 2.45 bits per heavy atom. The number of phenols is 1. The smallest absolute Gasteiger partial charge is 0.316 e. The van der Waals surface area contributed by atoms with E-state index in [0.717, 1.165) is 29.1 Å². The molecule has 0 saturated carbocycles. The number of phenolic OH excluding ortho intramolecular Hbond substituents is 1. The fourth-order valence-electron chi connectivity index (χ4n) is 4.35. The SMILES string of the molecule is BrCCBr.CC1=CC[C@@H]2[C@@H](C1)c1c(O)cc(C(C)(C)C(=O)OCCBr)cc1OC2(C)C. The van der Waals surface area contributed by atoms with Crippen LogP contribution < -0.4 is 4.74 Å². The highest BCUT2D eigenvalue weighted by atomic mass is 79.9. The molecule has 1 aromatic rings. The molecular weight excluding hydrogens is 592 g/mol. The van der Waals surface area contributed by atoms with E-state index in [1.54, 1.807) is 6.07 Å². The van der Waals surface area contributed by atoms with Crippen LogP contribution in [0, 0.1) is 5.92 Å². The minimum atomic E-state index is -0.874. The van der Waals surface area contributed by atoms with Gasteiger partial charge < -0.3 is 14.6 Å². The van der Waals surface area contributed by atoms with Crippen LogP contribution in [-0.2, 0) is 14.9 Å². The number of esters is 1. The van der Waals surface area contributed by atoms with Gasteiger partial charge in [0.2, 0.25) is 0 Å². The van der Waals surface area contributed by atoms with Crippen LogP contribution in [0.15, 0.2) is 23.8 Å². The fraction of sp³-hybridized carbons (Fsp3) is 0.625. The number of carbonyl (C=O) groups is 1. The first-order valence-electron chi connectivity index (χ1n) is 10.6. The Morgan fingerprint density at radius 1 is 1.23 bits per heavy atom. The monoisotopic (exact) mass is 622 g/mol. The van der Waals surface area contributed by atoms with E-state index in [9.17, 15) is 9.90 Å². The summed E-state index contributed by atoms with van der Waals surface area (Å²) >= 11 is 9.67. The van der Waals surface area contributed by atoms with E-state index < -0.39 is 5.41 Å². The Balaban J connectivity index is 0.000000785. The third-order valence-corrected chi connectivity index (χ3v) is 8.30. The Hall–Kier alpha value is -0.530. The van der Waals surface area contributed by atoms with Crippen molar-refractivity contribution >= 4 is 53.8 Å². The first-order valence-corrected chi connectivity index (χ1v) is 13.9. The van der Waals surface area contributed by atoms with Crippen LogP contribution in [0.1, 0.15) is 64.5 Å². The Labute approximate surface area is 211 Å². The van der Waals surface area contributed by atoms with Crippen molar-refractivity contribution in [3.05, 3.63) is 34.9 Å². The van der Waals surface area contributed by atoms with Gasteiger partial charge in [0.05, 0.1) is 5.41 Å². The molecule has 0 amide bonds. The second kappa shape index (κ2) is 11.1. The molecule has 3 rings (SSSR count). The lowest BCUT2D eigenvalue weighted by atomic mass is 9.67. The summed E-state index contributed by atoms with van der Waals surface area (Å²) < 4.78 is 11.7. The molecule has 0 bridgehead atoms. The van der Waals surface area contributed by atoms with Crippen molar-refractivity contribution in [2.45, 2.75) is 64.4 Å². The van der Waals surface area contributed by atoms with Crippen molar-refractivity contribution in [3.8, 4) is 11.5 Å². The van der Waals surface area contributed by atoms with Crippen molar-refractivity contribution < 1.29 is 19.4 Å². The van der Waals surface area contributed by atoms with Gasteiger partial charge >= 0.3 is 5.97 Å². The van der Waals surface area contributed by atoms with E-state index in [1.807, 2.05) is 19.9 Å². The summed E-state index contributed by atoms with van der Waals surface area (Å²) in [5.74, 6) is 1.13. The number of allylic oxidation sites excluding steroid dienone is 2. The van der Waals surface area contributed by atoms with E-state index in [0.29, 0.717) is 29.2 Å². The lowest BCUT2D eigenvalue weighted by molar-refractivity contribution is -0.148. The third kappa shape index (κ3) is 6.08. The predicted molar refractivity (Wildman–Crippen MR) is 137 cm³/mol. The molecule has 1 N–H and O–H groups in total. The molecule has 0 saturated heterocycles. The Kier molecular flexibility index (Phi) is 9.53. The van der Waals surface area contributed by atoms with Gasteiger partial charge in [-0.3, -0.25) is 4.79 Å². The normalized spacial score (nSPS) is 21.5. The number of benzene rings is 1. The quantitative estimate of drug-likeness (QED) is 0.218. The molecule has 4 nitrogen and oxygen atoms in total. The molecule has 1 aromatic carbocycles. The lowest BCUT2D eigenvalue weighted by Crippen LogP contribution is -2.45. The molecule has 2 atom stereocenters. The Morgan fingerprint density at radius 2 is 1.87 bits per heavy atom. The largest absolute Gasteiger partial charge is 0.508 e. The van der Waals surface area contributed by atoms with E-state index in [2.05, 4.69) is 74.6 Å². The second-order valence-electron chi connectivity index (χ2n) is 9.14. The standard InChI is InChI=1S/C22H29BrO4.C2H4Br2/c1-13-6-7-16-15(10-13)19-17(24)11-14(12-18(19)27-22(16,4)5)21(2,3)20(25)26-9-8-23;3-1-2-4/h6,11-12,15-16,24H,7-10H2,1-5H3;1-2H2/t15-,16-;/m1./s1. The molecule has 0 aromatic heterocycles. The topological polar surface area (TPSA) is 55.8 Å². The number of carbonyl (C=O) groups excluding carboxylic acids is 1. The molecule has 2 aliphatic rings. The minimum Gasteiger partial charge on any atom is -0.508 e. The molecule has 7 heteroatoms. The number of alkyl halides is 3. The van der Waals surface area contributed by atoms with Gasteiger partial charge in [0.1, 0.15) is 23.7 Å². The molecule has 1 aliphatic carbocycles. The van der Waals surface area contributed by atoms with E-state index in [4.69, 9.17) is 9.47 Å². The van der Waals surface area contributed by atoms with Gasteiger partial charge in [0, 0.05) is 33.4 Å². The first kappa shape index (κ1) is 26.7. The third-order valence-electron chi connectivity index (χ3n) is 6.12. The van der Waals surface area contributed by atoms with Crippen molar-refractivity contribution in [1.82, 2.24) is 0 Å². The summed E-state index contributed by atoms with van der Waals surface area (Å²) in [4.78, 5) is 12.5. The molecule has 1 heterocycles. The molecule has 0 unspecified atom stereocenters. The van der Waals surface area contributed by atoms with Gasteiger partial charge in [-0.1, -0.05) is 59.4 Å². The van der Waals surface area contributed by atoms with Gasteiger partial charge in [0.15, 0.2) is 0 Å².